The molecule has 0 saturated carbocycles. The average molecular weight is 267 g/mol. The zero-order chi connectivity index (χ0) is 14.8. The molecule has 0 heterocycles. The van der Waals surface area contributed by atoms with Gasteiger partial charge in [0.05, 0.1) is 11.6 Å². The molecule has 4 nitrogen and oxygen atoms in total. The molecule has 0 radical (unpaired) electrons. The molecule has 0 fully saturated rings. The van der Waals surface area contributed by atoms with Crippen molar-refractivity contribution in [1.29, 1.82) is 5.26 Å². The van der Waals surface area contributed by atoms with Gasteiger partial charge in [0.2, 0.25) is 5.91 Å². The topological polar surface area (TPSA) is 70.1 Å². The zero-order valence-corrected chi connectivity index (χ0v) is 11.6. The number of nitrogens with two attached hydrogens (primary N) is 1. The first-order chi connectivity index (χ1) is 9.46. The molecule has 1 aliphatic rings. The summed E-state index contributed by atoms with van der Waals surface area (Å²) < 4.78 is 0. The van der Waals surface area contributed by atoms with Crippen LogP contribution in [-0.2, 0) is 4.79 Å². The number of amides is 1. The molecule has 1 aromatic rings. The number of nitrogens with zero attached hydrogens (tertiary/aromatic N) is 2. The summed E-state index contributed by atoms with van der Waals surface area (Å²) >= 11 is 0. The maximum absolute atomic E-state index is 12.0. The minimum Gasteiger partial charge on any atom is -0.347 e. The van der Waals surface area contributed by atoms with Crippen LogP contribution in [0.3, 0.4) is 0 Å². The Morgan fingerprint density at radius 1 is 1.45 bits per heavy atom. The summed E-state index contributed by atoms with van der Waals surface area (Å²) in [5.74, 6) is -0.116. The van der Waals surface area contributed by atoms with Gasteiger partial charge in [0.1, 0.15) is 5.54 Å². The molecular weight excluding hydrogens is 250 g/mol. The monoisotopic (exact) mass is 267 g/mol. The highest BCUT2D eigenvalue weighted by Gasteiger charge is 2.33. The van der Waals surface area contributed by atoms with Crippen molar-refractivity contribution >= 4 is 11.5 Å². The molecule has 2 rings (SSSR count). The van der Waals surface area contributed by atoms with Crippen LogP contribution in [0.5, 0.6) is 0 Å². The summed E-state index contributed by atoms with van der Waals surface area (Å²) in [6.07, 6.45) is 5.98. The Bertz CT molecular complexity index is 637. The van der Waals surface area contributed by atoms with Crippen LogP contribution in [0.4, 0.5) is 0 Å². The number of hydrogen-bond acceptors (Lipinski definition) is 3. The molecule has 1 amide bonds. The first-order valence-corrected chi connectivity index (χ1v) is 6.37. The Morgan fingerprint density at radius 2 is 2.20 bits per heavy atom. The van der Waals surface area contributed by atoms with Gasteiger partial charge in [-0.15, -0.1) is 0 Å². The number of hydrogen-bond donors (Lipinski definition) is 1. The Hall–Kier alpha value is -2.38. The zero-order valence-electron chi connectivity index (χ0n) is 11.6. The van der Waals surface area contributed by atoms with Crippen LogP contribution in [0.2, 0.25) is 0 Å². The summed E-state index contributed by atoms with van der Waals surface area (Å²) in [4.78, 5) is 13.5. The Balaban J connectivity index is 2.24. The van der Waals surface area contributed by atoms with E-state index >= 15 is 0 Å². The number of likely N-dealkylation sites (N-methyl/N-ethyl adjacent to an activating group) is 1. The highest BCUT2D eigenvalue weighted by atomic mass is 16.2. The lowest BCUT2D eigenvalue weighted by Crippen LogP contribution is -2.52. The van der Waals surface area contributed by atoms with Crippen LogP contribution in [0.25, 0.3) is 5.57 Å². The van der Waals surface area contributed by atoms with E-state index in [1.54, 1.807) is 26.2 Å². The van der Waals surface area contributed by atoms with Gasteiger partial charge in [-0.25, -0.2) is 0 Å². The van der Waals surface area contributed by atoms with Gasteiger partial charge >= 0.3 is 0 Å². The van der Waals surface area contributed by atoms with Gasteiger partial charge in [0.25, 0.3) is 0 Å². The van der Waals surface area contributed by atoms with E-state index in [4.69, 9.17) is 11.0 Å². The van der Waals surface area contributed by atoms with Crippen molar-refractivity contribution in [3.8, 4) is 6.07 Å². The lowest BCUT2D eigenvalue weighted by Gasteiger charge is -2.29. The van der Waals surface area contributed by atoms with Crippen molar-refractivity contribution in [2.75, 3.05) is 14.1 Å². The minimum atomic E-state index is -0.972. The van der Waals surface area contributed by atoms with Gasteiger partial charge in [0.15, 0.2) is 0 Å². The van der Waals surface area contributed by atoms with Crippen LogP contribution in [0.1, 0.15) is 17.5 Å². The van der Waals surface area contributed by atoms with Crippen molar-refractivity contribution < 1.29 is 4.79 Å². The fourth-order valence-electron chi connectivity index (χ4n) is 2.21. The third-order valence-corrected chi connectivity index (χ3v) is 3.35. The van der Waals surface area contributed by atoms with Crippen LogP contribution >= 0.6 is 0 Å². The molecule has 4 heteroatoms. The molecule has 0 aromatic heterocycles. The van der Waals surface area contributed by atoms with Gasteiger partial charge in [-0.1, -0.05) is 30.4 Å². The molecule has 0 aliphatic heterocycles. The predicted molar refractivity (Wildman–Crippen MR) is 78.5 cm³/mol. The second-order valence-corrected chi connectivity index (χ2v) is 5.13. The van der Waals surface area contributed by atoms with Crippen molar-refractivity contribution in [2.24, 2.45) is 5.73 Å². The van der Waals surface area contributed by atoms with Gasteiger partial charge in [-0.2, -0.15) is 5.26 Å². The summed E-state index contributed by atoms with van der Waals surface area (Å²) in [5.41, 5.74) is 7.71. The molecule has 0 bridgehead atoms. The molecule has 0 saturated heterocycles. The number of benzene rings is 1. The second-order valence-electron chi connectivity index (χ2n) is 5.13. The van der Waals surface area contributed by atoms with Crippen LogP contribution in [-0.4, -0.2) is 30.4 Å². The quantitative estimate of drug-likeness (QED) is 0.886. The largest absolute Gasteiger partial charge is 0.347 e. The molecule has 1 atom stereocenters. The summed E-state index contributed by atoms with van der Waals surface area (Å²) in [6.45, 7) is 0. The molecule has 102 valence electrons. The van der Waals surface area contributed by atoms with Crippen LogP contribution in [0, 0.1) is 11.3 Å². The van der Waals surface area contributed by atoms with Crippen molar-refractivity contribution in [1.82, 2.24) is 4.90 Å². The van der Waals surface area contributed by atoms with Gasteiger partial charge in [-0.05, 0) is 29.7 Å². The fraction of sp³-hybridized carbons (Fsp3) is 0.250. The summed E-state index contributed by atoms with van der Waals surface area (Å²) in [5, 5.41) is 8.92. The molecular formula is C16H17N3O. The van der Waals surface area contributed by atoms with E-state index in [1.165, 1.54) is 4.90 Å². The number of nitriles is 1. The Kier molecular flexibility index (Phi) is 3.73. The smallest absolute Gasteiger partial charge is 0.246 e. The van der Waals surface area contributed by atoms with E-state index in [0.717, 1.165) is 11.1 Å². The third kappa shape index (κ3) is 2.63. The van der Waals surface area contributed by atoms with Crippen molar-refractivity contribution in [3.05, 3.63) is 53.6 Å². The van der Waals surface area contributed by atoms with Crippen LogP contribution in [0.15, 0.2) is 42.5 Å². The molecule has 1 unspecified atom stereocenters. The van der Waals surface area contributed by atoms with E-state index in [0.29, 0.717) is 12.0 Å². The van der Waals surface area contributed by atoms with E-state index in [1.807, 2.05) is 30.4 Å². The van der Waals surface area contributed by atoms with Gasteiger partial charge in [-0.3, -0.25) is 4.79 Å². The van der Waals surface area contributed by atoms with Gasteiger partial charge in [0, 0.05) is 14.1 Å². The van der Waals surface area contributed by atoms with E-state index in [-0.39, 0.29) is 5.91 Å². The predicted octanol–water partition coefficient (Wildman–Crippen LogP) is 1.69. The SMILES string of the molecule is CN(C)C(=O)C1(N)C=CC(c2cccc(C#N)c2)=CC1. The molecule has 0 spiro atoms. The molecule has 1 aromatic carbocycles. The average Bonchev–Trinajstić information content (AvgIpc) is 2.47. The highest BCUT2D eigenvalue weighted by Crippen LogP contribution is 2.26. The number of allylic oxidation sites excluding steroid dienone is 2. The minimum absolute atomic E-state index is 0.116. The lowest BCUT2D eigenvalue weighted by molar-refractivity contribution is -0.132. The maximum atomic E-state index is 12.0. The highest BCUT2D eigenvalue weighted by molar-refractivity contribution is 5.91. The fourth-order valence-corrected chi connectivity index (χ4v) is 2.21. The van der Waals surface area contributed by atoms with E-state index in [9.17, 15) is 4.79 Å². The van der Waals surface area contributed by atoms with Crippen LogP contribution < -0.4 is 5.73 Å². The number of rotatable bonds is 2. The molecule has 2 N–H and O–H groups in total. The summed E-state index contributed by atoms with van der Waals surface area (Å²) in [6, 6.07) is 9.49. The normalized spacial score (nSPS) is 21.0. The molecule has 1 aliphatic carbocycles. The van der Waals surface area contributed by atoms with E-state index in [2.05, 4.69) is 6.07 Å². The lowest BCUT2D eigenvalue weighted by atomic mass is 9.86. The second kappa shape index (κ2) is 5.32. The standard InChI is InChI=1S/C16H17N3O/c1-19(2)15(20)16(18)8-6-13(7-9-16)14-5-3-4-12(10-14)11-17/h3-8,10H,9,18H2,1-2H3. The summed E-state index contributed by atoms with van der Waals surface area (Å²) in [7, 11) is 3.39. The van der Waals surface area contributed by atoms with Crippen molar-refractivity contribution in [3.63, 3.8) is 0 Å². The number of carbonyl (C=O) groups excluding carboxylic acids is 1. The van der Waals surface area contributed by atoms with Gasteiger partial charge < -0.3 is 10.6 Å². The first-order valence-electron chi connectivity index (χ1n) is 6.37. The van der Waals surface area contributed by atoms with Crippen molar-refractivity contribution in [2.45, 2.75) is 12.0 Å². The Labute approximate surface area is 118 Å². The first kappa shape index (κ1) is 14.0. The molecule has 20 heavy (non-hydrogen) atoms. The third-order valence-electron chi connectivity index (χ3n) is 3.35. The maximum Gasteiger partial charge on any atom is 0.246 e. The number of carbonyl (C=O) groups is 1. The Morgan fingerprint density at radius 3 is 2.75 bits per heavy atom. The van der Waals surface area contributed by atoms with E-state index < -0.39 is 5.54 Å².